The van der Waals surface area contributed by atoms with Crippen molar-refractivity contribution < 1.29 is 9.59 Å². The summed E-state index contributed by atoms with van der Waals surface area (Å²) in [6, 6.07) is 6.78. The van der Waals surface area contributed by atoms with Crippen molar-refractivity contribution in [2.24, 2.45) is 0 Å². The Kier molecular flexibility index (Phi) is 3.57. The quantitative estimate of drug-likeness (QED) is 0.886. The second kappa shape index (κ2) is 5.38. The third-order valence-corrected chi connectivity index (χ3v) is 3.90. The monoisotopic (exact) mass is 363 g/mol. The van der Waals surface area contributed by atoms with E-state index in [9.17, 15) is 9.59 Å². The van der Waals surface area contributed by atoms with Gasteiger partial charge >= 0.3 is 0 Å². The first-order chi connectivity index (χ1) is 10.1. The Morgan fingerprint density at radius 3 is 2.14 bits per heavy atom. The van der Waals surface area contributed by atoms with Gasteiger partial charge in [-0.3, -0.25) is 9.59 Å². The number of benzene rings is 1. The van der Waals surface area contributed by atoms with Gasteiger partial charge in [0.1, 0.15) is 17.1 Å². The van der Waals surface area contributed by atoms with Crippen LogP contribution >= 0.6 is 27.5 Å². The maximum Gasteiger partial charge on any atom is 0.231 e. The highest BCUT2D eigenvalue weighted by molar-refractivity contribution is 9.12. The molecule has 0 saturated carbocycles. The van der Waals surface area contributed by atoms with Crippen LogP contribution in [0, 0.1) is 0 Å². The van der Waals surface area contributed by atoms with Crippen LogP contribution in [-0.4, -0.2) is 21.5 Å². The molecule has 1 N–H and O–H groups in total. The number of halogens is 2. The lowest BCUT2D eigenvalue weighted by molar-refractivity contribution is 0.0975. The summed E-state index contributed by atoms with van der Waals surface area (Å²) in [5.74, 6) is -0.770. The lowest BCUT2D eigenvalue weighted by Gasteiger charge is -2.17. The van der Waals surface area contributed by atoms with Crippen LogP contribution in [0.2, 0.25) is 5.02 Å². The number of anilines is 1. The molecule has 5 nitrogen and oxygen atoms in total. The molecule has 1 aromatic carbocycles. The molecule has 0 aliphatic heterocycles. The molecule has 104 valence electrons. The minimum atomic E-state index is -0.389. The molecule has 0 unspecified atom stereocenters. The normalized spacial score (nSPS) is 14.2. The van der Waals surface area contributed by atoms with Gasteiger partial charge in [-0.25, -0.2) is 9.97 Å². The van der Waals surface area contributed by atoms with Crippen LogP contribution in [0.15, 0.2) is 46.8 Å². The highest BCUT2D eigenvalue weighted by Crippen LogP contribution is 2.28. The molecule has 21 heavy (non-hydrogen) atoms. The fourth-order valence-electron chi connectivity index (χ4n) is 1.90. The zero-order valence-electron chi connectivity index (χ0n) is 10.4. The molecule has 0 spiro atoms. The summed E-state index contributed by atoms with van der Waals surface area (Å²) in [4.78, 5) is 32.5. The Morgan fingerprint density at radius 2 is 1.52 bits per heavy atom. The van der Waals surface area contributed by atoms with Crippen LogP contribution in [-0.2, 0) is 0 Å². The average molecular weight is 365 g/mol. The summed E-state index contributed by atoms with van der Waals surface area (Å²) in [6.07, 6.45) is 2.76. The molecule has 0 fully saturated rings. The number of nitrogens with one attached hydrogen (secondary N) is 1. The molecular formula is C14H7BrClN3O2. The van der Waals surface area contributed by atoms with Crippen LogP contribution in [0.3, 0.4) is 0 Å². The minimum Gasteiger partial charge on any atom is -0.351 e. The summed E-state index contributed by atoms with van der Waals surface area (Å²) in [5.41, 5.74) is 0.869. The van der Waals surface area contributed by atoms with Gasteiger partial charge in [0, 0.05) is 23.1 Å². The molecule has 1 heterocycles. The summed E-state index contributed by atoms with van der Waals surface area (Å²) < 4.78 is 0.135. The van der Waals surface area contributed by atoms with Crippen LogP contribution in [0.4, 0.5) is 5.69 Å². The van der Waals surface area contributed by atoms with Crippen LogP contribution < -0.4 is 5.32 Å². The molecule has 7 heteroatoms. The molecule has 3 rings (SSSR count). The van der Waals surface area contributed by atoms with Crippen molar-refractivity contribution in [3.63, 3.8) is 0 Å². The lowest BCUT2D eigenvalue weighted by atomic mass is 10.0. The van der Waals surface area contributed by atoms with E-state index in [1.807, 2.05) is 0 Å². The standard InChI is InChI=1S/C14H7BrClN3O2/c15-9-10(19-8-3-1-7(16)2-4-8)14(21)12-11(13(9)20)17-5-6-18-12/h1-6,19H. The van der Waals surface area contributed by atoms with E-state index < -0.39 is 0 Å². The van der Waals surface area contributed by atoms with E-state index in [-0.39, 0.29) is 33.1 Å². The molecule has 1 aliphatic carbocycles. The Balaban J connectivity index is 2.02. The first kappa shape index (κ1) is 13.9. The van der Waals surface area contributed by atoms with Crippen LogP contribution in [0.5, 0.6) is 0 Å². The number of fused-ring (bicyclic) bond motifs is 1. The molecule has 1 aliphatic rings. The van der Waals surface area contributed by atoms with E-state index in [0.29, 0.717) is 10.7 Å². The average Bonchev–Trinajstić information content (AvgIpc) is 2.51. The second-order valence-electron chi connectivity index (χ2n) is 4.23. The van der Waals surface area contributed by atoms with E-state index in [1.54, 1.807) is 24.3 Å². The highest BCUT2D eigenvalue weighted by atomic mass is 79.9. The topological polar surface area (TPSA) is 72.0 Å². The van der Waals surface area contributed by atoms with Gasteiger partial charge < -0.3 is 5.32 Å². The Labute approximate surface area is 133 Å². The molecule has 0 atom stereocenters. The third-order valence-electron chi connectivity index (χ3n) is 2.89. The molecular weight excluding hydrogens is 358 g/mol. The number of carbonyl (C=O) groups excluding carboxylic acids is 2. The van der Waals surface area contributed by atoms with E-state index in [4.69, 9.17) is 11.6 Å². The zero-order valence-corrected chi connectivity index (χ0v) is 12.8. The van der Waals surface area contributed by atoms with Gasteiger partial charge in [-0.15, -0.1) is 0 Å². The van der Waals surface area contributed by atoms with Crippen molar-refractivity contribution in [2.75, 3.05) is 5.32 Å². The first-order valence-corrected chi connectivity index (χ1v) is 7.08. The van der Waals surface area contributed by atoms with Crippen molar-refractivity contribution >= 4 is 44.8 Å². The number of hydrogen-bond acceptors (Lipinski definition) is 5. The van der Waals surface area contributed by atoms with Gasteiger partial charge in [0.05, 0.1) is 4.48 Å². The number of allylic oxidation sites excluding steroid dienone is 2. The number of Topliss-reactive ketones (excluding diaryl/α,β-unsaturated/α-hetero) is 2. The molecule has 0 bridgehead atoms. The predicted octanol–water partition coefficient (Wildman–Crippen LogP) is 3.23. The zero-order chi connectivity index (χ0) is 15.0. The number of ketones is 2. The summed E-state index contributed by atoms with van der Waals surface area (Å²) in [5, 5.41) is 3.49. The number of rotatable bonds is 2. The number of aromatic nitrogens is 2. The second-order valence-corrected chi connectivity index (χ2v) is 5.46. The van der Waals surface area contributed by atoms with Crippen molar-refractivity contribution in [2.45, 2.75) is 0 Å². The number of nitrogens with zero attached hydrogens (tertiary/aromatic N) is 2. The van der Waals surface area contributed by atoms with E-state index in [0.717, 1.165) is 0 Å². The lowest BCUT2D eigenvalue weighted by Crippen LogP contribution is -2.26. The molecule has 1 aromatic heterocycles. The summed E-state index contributed by atoms with van der Waals surface area (Å²) in [6.45, 7) is 0. The van der Waals surface area contributed by atoms with Gasteiger partial charge in [-0.1, -0.05) is 11.6 Å². The number of carbonyl (C=O) groups is 2. The summed E-state index contributed by atoms with van der Waals surface area (Å²) in [7, 11) is 0. The first-order valence-electron chi connectivity index (χ1n) is 5.90. The highest BCUT2D eigenvalue weighted by Gasteiger charge is 2.33. The predicted molar refractivity (Wildman–Crippen MR) is 81.7 cm³/mol. The minimum absolute atomic E-state index is 0.0437. The molecule has 0 amide bonds. The largest absolute Gasteiger partial charge is 0.351 e. The van der Waals surface area contributed by atoms with Gasteiger partial charge in [0.25, 0.3) is 0 Å². The fraction of sp³-hybridized carbons (Fsp3) is 0. The molecule has 2 aromatic rings. The maximum absolute atomic E-state index is 12.4. The van der Waals surface area contributed by atoms with Gasteiger partial charge in [0.15, 0.2) is 0 Å². The Hall–Kier alpha value is -2.05. The smallest absolute Gasteiger partial charge is 0.231 e. The van der Waals surface area contributed by atoms with Gasteiger partial charge in [0.2, 0.25) is 11.6 Å². The van der Waals surface area contributed by atoms with Crippen molar-refractivity contribution in [1.29, 1.82) is 0 Å². The maximum atomic E-state index is 12.4. The Bertz CT molecular complexity index is 787. The van der Waals surface area contributed by atoms with Crippen molar-refractivity contribution in [3.05, 3.63) is 63.2 Å². The van der Waals surface area contributed by atoms with Crippen LogP contribution in [0.25, 0.3) is 0 Å². The number of hydrogen-bond donors (Lipinski definition) is 1. The molecule has 0 saturated heterocycles. The molecule has 0 radical (unpaired) electrons. The van der Waals surface area contributed by atoms with Crippen molar-refractivity contribution in [1.82, 2.24) is 9.97 Å². The fourth-order valence-corrected chi connectivity index (χ4v) is 2.49. The summed E-state index contributed by atoms with van der Waals surface area (Å²) >= 11 is 8.97. The van der Waals surface area contributed by atoms with E-state index >= 15 is 0 Å². The van der Waals surface area contributed by atoms with Gasteiger partial charge in [-0.05, 0) is 40.2 Å². The SMILES string of the molecule is O=C1C(Br)=C(Nc2ccc(Cl)cc2)C(=O)c2nccnc21. The van der Waals surface area contributed by atoms with Gasteiger partial charge in [-0.2, -0.15) is 0 Å². The third kappa shape index (κ3) is 2.48. The van der Waals surface area contributed by atoms with Crippen molar-refractivity contribution in [3.8, 4) is 0 Å². The van der Waals surface area contributed by atoms with E-state index in [2.05, 4.69) is 31.2 Å². The van der Waals surface area contributed by atoms with Crippen LogP contribution in [0.1, 0.15) is 21.0 Å². The Morgan fingerprint density at radius 1 is 0.952 bits per heavy atom. The van der Waals surface area contributed by atoms with E-state index in [1.165, 1.54) is 12.4 Å².